The summed E-state index contributed by atoms with van der Waals surface area (Å²) in [6.07, 6.45) is 6.13. The Balaban J connectivity index is 2.03. The monoisotopic (exact) mass is 276 g/mol. The molecule has 3 heteroatoms. The van der Waals surface area contributed by atoms with Gasteiger partial charge in [-0.05, 0) is 57.3 Å². The molecule has 2 rings (SSSR count). The van der Waals surface area contributed by atoms with E-state index in [9.17, 15) is 0 Å². The van der Waals surface area contributed by atoms with Crippen LogP contribution in [0.15, 0.2) is 24.3 Å². The molecule has 2 atom stereocenters. The molecule has 3 nitrogen and oxygen atoms in total. The Morgan fingerprint density at radius 1 is 1.35 bits per heavy atom. The first kappa shape index (κ1) is 15.3. The van der Waals surface area contributed by atoms with Crippen LogP contribution in [0.4, 0.5) is 0 Å². The second kappa shape index (κ2) is 7.65. The van der Waals surface area contributed by atoms with Crippen LogP contribution in [-0.2, 0) is 6.42 Å². The van der Waals surface area contributed by atoms with Crippen LogP contribution in [0.3, 0.4) is 0 Å². The molecule has 2 N–H and O–H groups in total. The average Bonchev–Trinajstić information content (AvgIpc) is 2.48. The summed E-state index contributed by atoms with van der Waals surface area (Å²) in [7, 11) is 1.75. The Labute approximate surface area is 123 Å². The topological polar surface area (TPSA) is 38.5 Å². The number of rotatable bonds is 6. The standard InChI is InChI=1S/C17H28N2O/c1-14(13-15-7-3-4-9-17(15)20-2)19-12-6-5-8-16(19)10-11-18/h3-4,7,9,14,16H,5-6,8,10-13,18H2,1-2H3. The van der Waals surface area contributed by atoms with Gasteiger partial charge in [0.2, 0.25) is 0 Å². The summed E-state index contributed by atoms with van der Waals surface area (Å²) in [5, 5.41) is 0. The lowest BCUT2D eigenvalue weighted by atomic mass is 9.95. The van der Waals surface area contributed by atoms with E-state index in [1.54, 1.807) is 7.11 Å². The van der Waals surface area contributed by atoms with E-state index in [2.05, 4.69) is 30.0 Å². The van der Waals surface area contributed by atoms with Gasteiger partial charge in [-0.25, -0.2) is 0 Å². The van der Waals surface area contributed by atoms with Crippen molar-refractivity contribution >= 4 is 0 Å². The summed E-state index contributed by atoms with van der Waals surface area (Å²) in [4.78, 5) is 2.66. The maximum absolute atomic E-state index is 5.77. The van der Waals surface area contributed by atoms with Crippen molar-refractivity contribution in [2.75, 3.05) is 20.2 Å². The third-order valence-electron chi connectivity index (χ3n) is 4.45. The third-order valence-corrected chi connectivity index (χ3v) is 4.45. The van der Waals surface area contributed by atoms with Gasteiger partial charge in [-0.1, -0.05) is 24.6 Å². The quantitative estimate of drug-likeness (QED) is 0.868. The number of piperidine rings is 1. The molecule has 112 valence electrons. The van der Waals surface area contributed by atoms with E-state index in [0.29, 0.717) is 12.1 Å². The van der Waals surface area contributed by atoms with Crippen LogP contribution in [0.5, 0.6) is 5.75 Å². The molecule has 1 aliphatic heterocycles. The molecule has 0 spiro atoms. The molecule has 1 saturated heterocycles. The number of benzene rings is 1. The molecule has 20 heavy (non-hydrogen) atoms. The van der Waals surface area contributed by atoms with Gasteiger partial charge in [-0.3, -0.25) is 4.90 Å². The zero-order chi connectivity index (χ0) is 14.4. The summed E-state index contributed by atoms with van der Waals surface area (Å²) in [5.41, 5.74) is 7.08. The van der Waals surface area contributed by atoms with Gasteiger partial charge < -0.3 is 10.5 Å². The highest BCUT2D eigenvalue weighted by Crippen LogP contribution is 2.26. The molecule has 0 bridgehead atoms. The number of ether oxygens (including phenoxy) is 1. The van der Waals surface area contributed by atoms with Crippen LogP contribution >= 0.6 is 0 Å². The van der Waals surface area contributed by atoms with Crippen LogP contribution in [0.25, 0.3) is 0 Å². The molecule has 1 aromatic carbocycles. The van der Waals surface area contributed by atoms with Crippen LogP contribution in [0.1, 0.15) is 38.2 Å². The minimum atomic E-state index is 0.545. The highest BCUT2D eigenvalue weighted by Gasteiger charge is 2.26. The fourth-order valence-electron chi connectivity index (χ4n) is 3.41. The Morgan fingerprint density at radius 2 is 2.15 bits per heavy atom. The van der Waals surface area contributed by atoms with Gasteiger partial charge in [0.15, 0.2) is 0 Å². The van der Waals surface area contributed by atoms with Crippen LogP contribution in [-0.4, -0.2) is 37.2 Å². The Morgan fingerprint density at radius 3 is 2.90 bits per heavy atom. The third kappa shape index (κ3) is 3.74. The fourth-order valence-corrected chi connectivity index (χ4v) is 3.41. The number of methoxy groups -OCH3 is 1. The zero-order valence-corrected chi connectivity index (χ0v) is 12.8. The smallest absolute Gasteiger partial charge is 0.122 e. The predicted molar refractivity (Wildman–Crippen MR) is 84.2 cm³/mol. The molecule has 0 aromatic heterocycles. The largest absolute Gasteiger partial charge is 0.496 e. The summed E-state index contributed by atoms with van der Waals surface area (Å²) < 4.78 is 5.47. The van der Waals surface area contributed by atoms with E-state index in [1.807, 2.05) is 6.07 Å². The van der Waals surface area contributed by atoms with E-state index >= 15 is 0 Å². The second-order valence-electron chi connectivity index (χ2n) is 5.83. The minimum absolute atomic E-state index is 0.545. The Hall–Kier alpha value is -1.06. The summed E-state index contributed by atoms with van der Waals surface area (Å²) in [6, 6.07) is 9.57. The van der Waals surface area contributed by atoms with E-state index in [4.69, 9.17) is 10.5 Å². The average molecular weight is 276 g/mol. The van der Waals surface area contributed by atoms with Gasteiger partial charge >= 0.3 is 0 Å². The maximum atomic E-state index is 5.77. The molecule has 1 aliphatic rings. The first-order chi connectivity index (χ1) is 9.76. The molecule has 0 saturated carbocycles. The van der Waals surface area contributed by atoms with Gasteiger partial charge in [-0.15, -0.1) is 0 Å². The molecule has 0 amide bonds. The lowest BCUT2D eigenvalue weighted by Crippen LogP contribution is -2.46. The van der Waals surface area contributed by atoms with Crippen molar-refractivity contribution in [3.8, 4) is 5.75 Å². The predicted octanol–water partition coefficient (Wildman–Crippen LogP) is 2.83. The lowest BCUT2D eigenvalue weighted by molar-refractivity contribution is 0.0980. The number of nitrogens with zero attached hydrogens (tertiary/aromatic N) is 1. The van der Waals surface area contributed by atoms with Gasteiger partial charge in [-0.2, -0.15) is 0 Å². The minimum Gasteiger partial charge on any atom is -0.496 e. The van der Waals surface area contributed by atoms with Gasteiger partial charge in [0.25, 0.3) is 0 Å². The van der Waals surface area contributed by atoms with Crippen LogP contribution < -0.4 is 10.5 Å². The van der Waals surface area contributed by atoms with Crippen molar-refractivity contribution < 1.29 is 4.74 Å². The van der Waals surface area contributed by atoms with Gasteiger partial charge in [0.05, 0.1) is 7.11 Å². The normalized spacial score (nSPS) is 21.6. The van der Waals surface area contributed by atoms with Crippen LogP contribution in [0, 0.1) is 0 Å². The van der Waals surface area contributed by atoms with Crippen molar-refractivity contribution in [3.63, 3.8) is 0 Å². The van der Waals surface area contributed by atoms with E-state index in [1.165, 1.54) is 31.4 Å². The van der Waals surface area contributed by atoms with Gasteiger partial charge in [0.1, 0.15) is 5.75 Å². The number of hydrogen-bond acceptors (Lipinski definition) is 3. The highest BCUT2D eigenvalue weighted by molar-refractivity contribution is 5.33. The molecule has 1 fully saturated rings. The first-order valence-corrected chi connectivity index (χ1v) is 7.84. The SMILES string of the molecule is COc1ccccc1CC(C)N1CCCCC1CCN. The Kier molecular flexibility index (Phi) is 5.86. The number of hydrogen-bond donors (Lipinski definition) is 1. The van der Waals surface area contributed by atoms with Crippen molar-refractivity contribution in [1.82, 2.24) is 4.90 Å². The molecule has 0 radical (unpaired) electrons. The number of nitrogens with two attached hydrogens (primary N) is 1. The molecule has 1 heterocycles. The van der Waals surface area contributed by atoms with E-state index in [-0.39, 0.29) is 0 Å². The molecular weight excluding hydrogens is 248 g/mol. The molecule has 1 aromatic rings. The van der Waals surface area contributed by atoms with Crippen molar-refractivity contribution in [2.24, 2.45) is 5.73 Å². The highest BCUT2D eigenvalue weighted by atomic mass is 16.5. The van der Waals surface area contributed by atoms with E-state index in [0.717, 1.165) is 25.1 Å². The summed E-state index contributed by atoms with van der Waals surface area (Å²) >= 11 is 0. The zero-order valence-electron chi connectivity index (χ0n) is 12.8. The second-order valence-corrected chi connectivity index (χ2v) is 5.83. The molecule has 0 aliphatic carbocycles. The number of likely N-dealkylation sites (tertiary alicyclic amines) is 1. The fraction of sp³-hybridized carbons (Fsp3) is 0.647. The van der Waals surface area contributed by atoms with Crippen molar-refractivity contribution in [3.05, 3.63) is 29.8 Å². The van der Waals surface area contributed by atoms with E-state index < -0.39 is 0 Å². The first-order valence-electron chi connectivity index (χ1n) is 7.84. The van der Waals surface area contributed by atoms with Crippen molar-refractivity contribution in [2.45, 2.75) is 51.1 Å². The van der Waals surface area contributed by atoms with Crippen molar-refractivity contribution in [1.29, 1.82) is 0 Å². The van der Waals surface area contributed by atoms with Crippen LogP contribution in [0.2, 0.25) is 0 Å². The summed E-state index contributed by atoms with van der Waals surface area (Å²) in [5.74, 6) is 1.01. The number of para-hydroxylation sites is 1. The molecule has 2 unspecified atom stereocenters. The Bertz CT molecular complexity index is 406. The molecular formula is C17H28N2O. The maximum Gasteiger partial charge on any atom is 0.122 e. The lowest BCUT2D eigenvalue weighted by Gasteiger charge is -2.40. The van der Waals surface area contributed by atoms with Gasteiger partial charge in [0, 0.05) is 12.1 Å². The summed E-state index contributed by atoms with van der Waals surface area (Å²) in [6.45, 7) is 4.34.